The van der Waals surface area contributed by atoms with Gasteiger partial charge < -0.3 is 29.8 Å². The van der Waals surface area contributed by atoms with E-state index in [1.54, 1.807) is 6.20 Å². The molecule has 13 heteroatoms. The van der Waals surface area contributed by atoms with Crippen LogP contribution in [0.2, 0.25) is 0 Å². The molecule has 3 aromatic heterocycles. The summed E-state index contributed by atoms with van der Waals surface area (Å²) in [5.74, 6) is 2.69. The van der Waals surface area contributed by atoms with E-state index in [-0.39, 0.29) is 11.9 Å². The number of sulfone groups is 1. The number of piperidine rings is 1. The third-order valence-corrected chi connectivity index (χ3v) is 7.77. The molecule has 0 saturated carbocycles. The number of carboxylic acid groups (broad SMARTS) is 1. The van der Waals surface area contributed by atoms with Crippen LogP contribution < -0.4 is 15.4 Å². The Labute approximate surface area is 237 Å². The molecule has 5 rings (SSSR count). The fraction of sp³-hybridized carbons (Fsp3) is 0.357. The first-order valence-electron chi connectivity index (χ1n) is 13.2. The largest absolute Gasteiger partial charge is 0.490 e. The number of anilines is 2. The van der Waals surface area contributed by atoms with Crippen molar-refractivity contribution in [2.24, 2.45) is 0 Å². The molecule has 41 heavy (non-hydrogen) atoms. The molecule has 1 saturated heterocycles. The summed E-state index contributed by atoms with van der Waals surface area (Å²) in [7, 11) is -3.02. The van der Waals surface area contributed by atoms with Crippen molar-refractivity contribution in [2.45, 2.75) is 32.4 Å². The molecule has 0 atom stereocenters. The molecule has 1 amide bonds. The number of rotatable bonds is 10. The number of hydrogen-bond acceptors (Lipinski definition) is 10. The Kier molecular flexibility index (Phi) is 8.36. The van der Waals surface area contributed by atoms with Gasteiger partial charge in [0.1, 0.15) is 45.3 Å². The molecule has 0 radical (unpaired) electrons. The Bertz CT molecular complexity index is 1650. The Hall–Kier alpha value is -4.23. The number of aromatic nitrogens is 3. The molecular weight excluding hydrogens is 548 g/mol. The Morgan fingerprint density at radius 1 is 1.15 bits per heavy atom. The minimum absolute atomic E-state index is 0.0229. The van der Waals surface area contributed by atoms with Gasteiger partial charge in [-0.1, -0.05) is 0 Å². The number of fused-ring (bicyclic) bond motifs is 1. The number of pyridine rings is 1. The summed E-state index contributed by atoms with van der Waals surface area (Å²) >= 11 is 0. The summed E-state index contributed by atoms with van der Waals surface area (Å²) in [5.41, 5.74) is 3.07. The fourth-order valence-corrected chi connectivity index (χ4v) is 5.13. The predicted octanol–water partition coefficient (Wildman–Crippen LogP) is 3.99. The highest BCUT2D eigenvalue weighted by atomic mass is 32.2. The molecule has 12 nitrogen and oxygen atoms in total. The van der Waals surface area contributed by atoms with E-state index in [4.69, 9.17) is 14.3 Å². The summed E-state index contributed by atoms with van der Waals surface area (Å²) in [5, 5.41) is 16.4. The van der Waals surface area contributed by atoms with Crippen LogP contribution in [0.25, 0.3) is 22.4 Å². The highest BCUT2D eigenvalue weighted by molar-refractivity contribution is 7.90. The lowest BCUT2D eigenvalue weighted by Gasteiger charge is -2.30. The molecule has 4 heterocycles. The van der Waals surface area contributed by atoms with E-state index < -0.39 is 15.9 Å². The first-order valence-corrected chi connectivity index (χ1v) is 15.3. The van der Waals surface area contributed by atoms with Crippen LogP contribution in [0.4, 0.5) is 16.3 Å². The van der Waals surface area contributed by atoms with Crippen LogP contribution in [0.15, 0.2) is 53.3 Å². The predicted molar refractivity (Wildman–Crippen MR) is 154 cm³/mol. The van der Waals surface area contributed by atoms with Crippen molar-refractivity contribution in [3.8, 4) is 17.2 Å². The van der Waals surface area contributed by atoms with Crippen molar-refractivity contribution < 1.29 is 27.5 Å². The Morgan fingerprint density at radius 2 is 1.95 bits per heavy atom. The van der Waals surface area contributed by atoms with E-state index in [1.165, 1.54) is 17.5 Å². The quantitative estimate of drug-likeness (QED) is 0.233. The topological polar surface area (TPSA) is 160 Å². The zero-order valence-corrected chi connectivity index (χ0v) is 23.6. The zero-order chi connectivity index (χ0) is 29.0. The van der Waals surface area contributed by atoms with Crippen LogP contribution in [-0.4, -0.2) is 77.2 Å². The van der Waals surface area contributed by atoms with Crippen LogP contribution >= 0.6 is 0 Å². The van der Waals surface area contributed by atoms with E-state index in [0.717, 1.165) is 22.4 Å². The van der Waals surface area contributed by atoms with Crippen LogP contribution in [-0.2, 0) is 16.4 Å². The van der Waals surface area contributed by atoms with Crippen molar-refractivity contribution >= 4 is 38.3 Å². The summed E-state index contributed by atoms with van der Waals surface area (Å²) in [6.07, 6.45) is 4.76. The summed E-state index contributed by atoms with van der Waals surface area (Å²) in [6, 6.07) is 11.3. The standard InChI is InChI=1S/C28H32N6O6S/c1-18-13-19(3-5-25(18)39-20-7-10-34(11-8-20)28(35)36)33-27-22-14-23(30-16-24(22)31-17-32-27)26-6-4-21(40-26)15-29-9-12-41(2,37)38/h3-6,13-14,16-17,20,29H,7-12,15H2,1-2H3,(H,35,36)(H,31,32,33). The second kappa shape index (κ2) is 12.1. The lowest BCUT2D eigenvalue weighted by atomic mass is 10.1. The van der Waals surface area contributed by atoms with Crippen molar-refractivity contribution in [2.75, 3.05) is 37.0 Å². The fourth-order valence-electron chi connectivity index (χ4n) is 4.61. The SMILES string of the molecule is Cc1cc(Nc2ncnc3cnc(-c4ccc(CNCCS(C)(=O)=O)o4)cc23)ccc1OC1CCN(C(=O)O)CC1. The van der Waals surface area contributed by atoms with Crippen LogP contribution in [0.3, 0.4) is 0 Å². The number of nitrogens with zero attached hydrogens (tertiary/aromatic N) is 4. The highest BCUT2D eigenvalue weighted by Gasteiger charge is 2.24. The van der Waals surface area contributed by atoms with Crippen molar-refractivity contribution in [1.29, 1.82) is 0 Å². The van der Waals surface area contributed by atoms with Gasteiger partial charge in [0.15, 0.2) is 5.76 Å². The maximum Gasteiger partial charge on any atom is 0.407 e. The average Bonchev–Trinajstić information content (AvgIpc) is 3.41. The summed E-state index contributed by atoms with van der Waals surface area (Å²) in [4.78, 5) is 25.9. The first-order chi connectivity index (χ1) is 19.6. The van der Waals surface area contributed by atoms with Gasteiger partial charge in [0.2, 0.25) is 0 Å². The van der Waals surface area contributed by atoms with E-state index in [0.29, 0.717) is 67.6 Å². The van der Waals surface area contributed by atoms with Gasteiger partial charge in [0.25, 0.3) is 0 Å². The molecule has 1 aromatic carbocycles. The van der Waals surface area contributed by atoms with Gasteiger partial charge in [0.05, 0.1) is 24.0 Å². The summed E-state index contributed by atoms with van der Waals surface area (Å²) < 4.78 is 34.7. The maximum atomic E-state index is 11.3. The highest BCUT2D eigenvalue weighted by Crippen LogP contribution is 2.30. The number of likely N-dealkylation sites (tertiary alicyclic amines) is 1. The maximum absolute atomic E-state index is 11.3. The van der Waals surface area contributed by atoms with Crippen molar-refractivity contribution in [3.05, 3.63) is 60.2 Å². The molecule has 216 valence electrons. The number of benzene rings is 1. The number of carbonyl (C=O) groups is 1. The first kappa shape index (κ1) is 28.3. The molecular formula is C28H32N6O6S. The number of nitrogens with one attached hydrogen (secondary N) is 2. The van der Waals surface area contributed by atoms with Gasteiger partial charge >= 0.3 is 6.09 Å². The normalized spacial score (nSPS) is 14.3. The minimum Gasteiger partial charge on any atom is -0.490 e. The van der Waals surface area contributed by atoms with E-state index in [1.807, 2.05) is 43.3 Å². The smallest absolute Gasteiger partial charge is 0.407 e. The minimum atomic E-state index is -3.02. The third-order valence-electron chi connectivity index (χ3n) is 6.83. The van der Waals surface area contributed by atoms with Crippen LogP contribution in [0.5, 0.6) is 5.75 Å². The van der Waals surface area contributed by atoms with Gasteiger partial charge in [-0.05, 0) is 48.9 Å². The Balaban J connectivity index is 1.27. The van der Waals surface area contributed by atoms with E-state index >= 15 is 0 Å². The number of aryl methyl sites for hydroxylation is 1. The van der Waals surface area contributed by atoms with E-state index in [9.17, 15) is 13.2 Å². The molecule has 1 fully saturated rings. The third kappa shape index (κ3) is 7.30. The van der Waals surface area contributed by atoms with Crippen LogP contribution in [0, 0.1) is 6.92 Å². The lowest BCUT2D eigenvalue weighted by molar-refractivity contribution is 0.0891. The monoisotopic (exact) mass is 580 g/mol. The van der Waals surface area contributed by atoms with Gasteiger partial charge in [0, 0.05) is 49.8 Å². The number of hydrogen-bond donors (Lipinski definition) is 3. The molecule has 0 aliphatic carbocycles. The Morgan fingerprint density at radius 3 is 2.68 bits per heavy atom. The second-order valence-electron chi connectivity index (χ2n) is 10.1. The molecule has 1 aliphatic heterocycles. The number of ether oxygens (including phenoxy) is 1. The molecule has 0 spiro atoms. The zero-order valence-electron chi connectivity index (χ0n) is 22.8. The molecule has 1 aliphatic rings. The van der Waals surface area contributed by atoms with Gasteiger partial charge in [-0.25, -0.2) is 23.2 Å². The van der Waals surface area contributed by atoms with Gasteiger partial charge in [-0.2, -0.15) is 0 Å². The van der Waals surface area contributed by atoms with Gasteiger partial charge in [-0.3, -0.25) is 4.98 Å². The number of amides is 1. The lowest BCUT2D eigenvalue weighted by Crippen LogP contribution is -2.41. The van der Waals surface area contributed by atoms with Crippen LogP contribution in [0.1, 0.15) is 24.2 Å². The molecule has 4 aromatic rings. The van der Waals surface area contributed by atoms with Crippen molar-refractivity contribution in [3.63, 3.8) is 0 Å². The van der Waals surface area contributed by atoms with E-state index in [2.05, 4.69) is 25.6 Å². The summed E-state index contributed by atoms with van der Waals surface area (Å²) in [6.45, 7) is 3.65. The average molecular weight is 581 g/mol. The number of furan rings is 1. The second-order valence-corrected chi connectivity index (χ2v) is 12.3. The molecule has 0 bridgehead atoms. The molecule has 0 unspecified atom stereocenters. The van der Waals surface area contributed by atoms with Gasteiger partial charge in [-0.15, -0.1) is 0 Å². The molecule has 3 N–H and O–H groups in total. The van der Waals surface area contributed by atoms with Crippen molar-refractivity contribution in [1.82, 2.24) is 25.2 Å².